The molecule has 86 valence electrons. The van der Waals surface area contributed by atoms with Gasteiger partial charge in [-0.1, -0.05) is 0 Å². The third-order valence-corrected chi connectivity index (χ3v) is 2.46. The Bertz CT molecular complexity index is 511. The standard InChI is InChI=1S/C11H11F3N2/c1-6(15)10-5-7-4-8(11(12,13)14)2-3-9(7)16-10/h2-6,16H,15H2,1H3/t6-/m1/s1. The molecular formula is C11H11F3N2. The maximum atomic E-state index is 12.4. The molecule has 1 aromatic carbocycles. The number of aromatic amines is 1. The Kier molecular flexibility index (Phi) is 2.42. The summed E-state index contributed by atoms with van der Waals surface area (Å²) < 4.78 is 37.3. The third kappa shape index (κ3) is 1.90. The highest BCUT2D eigenvalue weighted by Gasteiger charge is 2.30. The molecule has 2 nitrogen and oxygen atoms in total. The van der Waals surface area contributed by atoms with E-state index in [9.17, 15) is 13.2 Å². The molecule has 3 N–H and O–H groups in total. The minimum atomic E-state index is -4.31. The lowest BCUT2D eigenvalue weighted by Crippen LogP contribution is -2.04. The smallest absolute Gasteiger partial charge is 0.357 e. The van der Waals surface area contributed by atoms with Gasteiger partial charge in [0.25, 0.3) is 0 Å². The Morgan fingerprint density at radius 2 is 1.94 bits per heavy atom. The number of hydrogen-bond acceptors (Lipinski definition) is 1. The first-order valence-electron chi connectivity index (χ1n) is 4.83. The number of H-pyrrole nitrogens is 1. The molecule has 0 spiro atoms. The van der Waals surface area contributed by atoms with E-state index >= 15 is 0 Å². The Hall–Kier alpha value is -1.49. The molecule has 2 aromatic rings. The molecule has 0 amide bonds. The Morgan fingerprint density at radius 3 is 2.50 bits per heavy atom. The SMILES string of the molecule is C[C@@H](N)c1cc2cc(C(F)(F)F)ccc2[nH]1. The van der Waals surface area contributed by atoms with Gasteiger partial charge in [0.15, 0.2) is 0 Å². The van der Waals surface area contributed by atoms with E-state index in [4.69, 9.17) is 5.73 Å². The van der Waals surface area contributed by atoms with Crippen LogP contribution in [-0.2, 0) is 6.18 Å². The second-order valence-corrected chi connectivity index (χ2v) is 3.81. The molecule has 0 unspecified atom stereocenters. The fourth-order valence-corrected chi connectivity index (χ4v) is 1.58. The van der Waals surface area contributed by atoms with Gasteiger partial charge < -0.3 is 10.7 Å². The number of alkyl halides is 3. The second-order valence-electron chi connectivity index (χ2n) is 3.81. The number of fused-ring (bicyclic) bond motifs is 1. The van der Waals surface area contributed by atoms with Crippen molar-refractivity contribution in [2.75, 3.05) is 0 Å². The second kappa shape index (κ2) is 3.52. The van der Waals surface area contributed by atoms with Gasteiger partial charge in [-0.25, -0.2) is 0 Å². The Morgan fingerprint density at radius 1 is 1.25 bits per heavy atom. The first kappa shape index (κ1) is 11.0. The van der Waals surface area contributed by atoms with Gasteiger partial charge in [-0.15, -0.1) is 0 Å². The number of nitrogens with one attached hydrogen (secondary N) is 1. The molecule has 0 aliphatic heterocycles. The van der Waals surface area contributed by atoms with Gasteiger partial charge in [0.1, 0.15) is 0 Å². The van der Waals surface area contributed by atoms with Crippen molar-refractivity contribution in [3.05, 3.63) is 35.5 Å². The lowest BCUT2D eigenvalue weighted by Gasteiger charge is -2.05. The van der Waals surface area contributed by atoms with Gasteiger partial charge in [-0.2, -0.15) is 13.2 Å². The van der Waals surface area contributed by atoms with E-state index in [1.165, 1.54) is 6.07 Å². The average molecular weight is 228 g/mol. The van der Waals surface area contributed by atoms with Crippen molar-refractivity contribution in [3.63, 3.8) is 0 Å². The summed E-state index contributed by atoms with van der Waals surface area (Å²) in [6.45, 7) is 1.77. The zero-order valence-corrected chi connectivity index (χ0v) is 8.60. The number of halogens is 3. The minimum Gasteiger partial charge on any atom is -0.357 e. The van der Waals surface area contributed by atoms with Crippen LogP contribution in [0.5, 0.6) is 0 Å². The summed E-state index contributed by atoms with van der Waals surface area (Å²) in [6.07, 6.45) is -4.31. The fraction of sp³-hybridized carbons (Fsp3) is 0.273. The summed E-state index contributed by atoms with van der Waals surface area (Å²) in [7, 11) is 0. The van der Waals surface area contributed by atoms with Crippen LogP contribution in [0.4, 0.5) is 13.2 Å². The molecular weight excluding hydrogens is 217 g/mol. The van der Waals surface area contributed by atoms with Crippen molar-refractivity contribution in [2.24, 2.45) is 5.73 Å². The molecule has 0 fully saturated rings. The van der Waals surface area contributed by atoms with Crippen molar-refractivity contribution >= 4 is 10.9 Å². The van der Waals surface area contributed by atoms with Crippen LogP contribution < -0.4 is 5.73 Å². The predicted octanol–water partition coefficient (Wildman–Crippen LogP) is 3.21. The monoisotopic (exact) mass is 228 g/mol. The molecule has 1 heterocycles. The Balaban J connectivity index is 2.54. The van der Waals surface area contributed by atoms with Crippen molar-refractivity contribution in [2.45, 2.75) is 19.1 Å². The number of benzene rings is 1. The lowest BCUT2D eigenvalue weighted by atomic mass is 10.1. The maximum absolute atomic E-state index is 12.4. The van der Waals surface area contributed by atoms with Crippen molar-refractivity contribution < 1.29 is 13.2 Å². The van der Waals surface area contributed by atoms with Gasteiger partial charge in [0, 0.05) is 22.6 Å². The quantitative estimate of drug-likeness (QED) is 0.773. The fourth-order valence-electron chi connectivity index (χ4n) is 1.58. The summed E-state index contributed by atoms with van der Waals surface area (Å²) in [5, 5.41) is 0.530. The van der Waals surface area contributed by atoms with Gasteiger partial charge in [0.05, 0.1) is 5.56 Å². The summed E-state index contributed by atoms with van der Waals surface area (Å²) in [5.41, 5.74) is 6.40. The molecule has 0 saturated carbocycles. The molecule has 0 aliphatic rings. The number of rotatable bonds is 1. The number of nitrogens with two attached hydrogens (primary N) is 1. The molecule has 1 aromatic heterocycles. The van der Waals surface area contributed by atoms with Crippen molar-refractivity contribution in [1.29, 1.82) is 0 Å². The summed E-state index contributed by atoms with van der Waals surface area (Å²) in [4.78, 5) is 2.98. The number of hydrogen-bond donors (Lipinski definition) is 2. The molecule has 2 rings (SSSR count). The predicted molar refractivity (Wildman–Crippen MR) is 55.9 cm³/mol. The summed E-state index contributed by atoms with van der Waals surface area (Å²) >= 11 is 0. The number of aromatic nitrogens is 1. The normalized spacial score (nSPS) is 14.3. The highest BCUT2D eigenvalue weighted by atomic mass is 19.4. The van der Waals surface area contributed by atoms with Crippen LogP contribution in [0.3, 0.4) is 0 Å². The lowest BCUT2D eigenvalue weighted by molar-refractivity contribution is -0.137. The van der Waals surface area contributed by atoms with Crippen molar-refractivity contribution in [3.8, 4) is 0 Å². The van der Waals surface area contributed by atoms with E-state index in [2.05, 4.69) is 4.98 Å². The maximum Gasteiger partial charge on any atom is 0.416 e. The topological polar surface area (TPSA) is 41.8 Å². The zero-order valence-electron chi connectivity index (χ0n) is 8.60. The molecule has 0 saturated heterocycles. The highest BCUT2D eigenvalue weighted by molar-refractivity contribution is 5.81. The first-order chi connectivity index (χ1) is 7.38. The van der Waals surface area contributed by atoms with Gasteiger partial charge in [-0.3, -0.25) is 0 Å². The third-order valence-electron chi connectivity index (χ3n) is 2.46. The summed E-state index contributed by atoms with van der Waals surface area (Å²) in [6, 6.07) is 5.03. The zero-order chi connectivity index (χ0) is 11.9. The Labute approximate surface area is 90.3 Å². The first-order valence-corrected chi connectivity index (χ1v) is 4.83. The van der Waals surface area contributed by atoms with E-state index in [0.29, 0.717) is 10.9 Å². The van der Waals surface area contributed by atoms with Crippen LogP contribution in [0, 0.1) is 0 Å². The highest BCUT2D eigenvalue weighted by Crippen LogP contribution is 2.31. The minimum absolute atomic E-state index is 0.221. The van der Waals surface area contributed by atoms with E-state index in [-0.39, 0.29) is 6.04 Å². The molecule has 0 radical (unpaired) electrons. The van der Waals surface area contributed by atoms with Crippen LogP contribution in [0.1, 0.15) is 24.2 Å². The van der Waals surface area contributed by atoms with E-state index in [1.807, 2.05) is 0 Å². The average Bonchev–Trinajstić information content (AvgIpc) is 2.58. The van der Waals surface area contributed by atoms with Gasteiger partial charge in [0.2, 0.25) is 0 Å². The van der Waals surface area contributed by atoms with Gasteiger partial charge in [-0.05, 0) is 31.2 Å². The molecule has 0 bridgehead atoms. The molecule has 1 atom stereocenters. The van der Waals surface area contributed by atoms with Crippen LogP contribution in [0.25, 0.3) is 10.9 Å². The van der Waals surface area contributed by atoms with E-state index in [0.717, 1.165) is 17.8 Å². The molecule has 0 aliphatic carbocycles. The summed E-state index contributed by atoms with van der Waals surface area (Å²) in [5.74, 6) is 0. The molecule has 16 heavy (non-hydrogen) atoms. The molecule has 5 heteroatoms. The van der Waals surface area contributed by atoms with Crippen LogP contribution >= 0.6 is 0 Å². The van der Waals surface area contributed by atoms with E-state index < -0.39 is 11.7 Å². The van der Waals surface area contributed by atoms with Crippen LogP contribution in [0.2, 0.25) is 0 Å². The van der Waals surface area contributed by atoms with Crippen LogP contribution in [0.15, 0.2) is 24.3 Å². The van der Waals surface area contributed by atoms with E-state index in [1.54, 1.807) is 13.0 Å². The largest absolute Gasteiger partial charge is 0.416 e. The van der Waals surface area contributed by atoms with Crippen molar-refractivity contribution in [1.82, 2.24) is 4.98 Å². The van der Waals surface area contributed by atoms with Crippen LogP contribution in [-0.4, -0.2) is 4.98 Å². The van der Waals surface area contributed by atoms with Gasteiger partial charge >= 0.3 is 6.18 Å².